The highest BCUT2D eigenvalue weighted by atomic mass is 35.5. The molecule has 0 spiro atoms. The third-order valence-electron chi connectivity index (χ3n) is 5.11. The number of allylic oxidation sites excluding steroid dienone is 1. The lowest BCUT2D eigenvalue weighted by Crippen LogP contribution is -2.20. The van der Waals surface area contributed by atoms with E-state index in [4.69, 9.17) is 30.5 Å². The molecule has 0 aromatic heterocycles. The molecule has 186 valence electrons. The van der Waals surface area contributed by atoms with Crippen LogP contribution in [0.25, 0.3) is 11.6 Å². The van der Waals surface area contributed by atoms with Crippen LogP contribution in [0.4, 0.5) is 5.69 Å². The molecule has 0 aliphatic rings. The molecule has 0 fully saturated rings. The molecule has 0 atom stereocenters. The van der Waals surface area contributed by atoms with Gasteiger partial charge in [-0.1, -0.05) is 23.7 Å². The third kappa shape index (κ3) is 6.71. The summed E-state index contributed by atoms with van der Waals surface area (Å²) in [7, 11) is 3.08. The number of hydrogen-bond donors (Lipinski definition) is 1. The molecule has 0 radical (unpaired) electrons. The first kappa shape index (κ1) is 26.5. The highest BCUT2D eigenvalue weighted by Crippen LogP contribution is 2.38. The molecule has 1 N–H and O–H groups in total. The van der Waals surface area contributed by atoms with Crippen molar-refractivity contribution in [2.24, 2.45) is 0 Å². The number of hydrogen-bond acceptors (Lipinski definition) is 6. The van der Waals surface area contributed by atoms with Crippen molar-refractivity contribution in [2.75, 3.05) is 32.8 Å². The van der Waals surface area contributed by atoms with Gasteiger partial charge in [0.05, 0.1) is 37.5 Å². The summed E-state index contributed by atoms with van der Waals surface area (Å²) in [5, 5.41) is 12.8. The van der Waals surface area contributed by atoms with Gasteiger partial charge in [0, 0.05) is 5.69 Å². The lowest BCUT2D eigenvalue weighted by Gasteiger charge is -2.15. The molecule has 3 aromatic rings. The molecular weight excluding hydrogens is 480 g/mol. The molecule has 36 heavy (non-hydrogen) atoms. The molecule has 0 saturated carbocycles. The topological polar surface area (TPSA) is 89.8 Å². The fraction of sp³-hybridized carbons (Fsp3) is 0.214. The minimum Gasteiger partial charge on any atom is -0.493 e. The molecular formula is C28H27ClN2O5. The van der Waals surface area contributed by atoms with Crippen LogP contribution in [-0.2, 0) is 4.79 Å². The summed E-state index contributed by atoms with van der Waals surface area (Å²) in [6.07, 6.45) is 1.68. The zero-order valence-corrected chi connectivity index (χ0v) is 21.3. The van der Waals surface area contributed by atoms with Gasteiger partial charge >= 0.3 is 0 Å². The smallest absolute Gasteiger partial charge is 0.262 e. The van der Waals surface area contributed by atoms with Gasteiger partial charge in [-0.3, -0.25) is 4.79 Å². The van der Waals surface area contributed by atoms with E-state index in [0.29, 0.717) is 46.2 Å². The number of halogens is 1. The van der Waals surface area contributed by atoms with E-state index in [1.165, 1.54) is 7.11 Å². The Morgan fingerprint density at radius 2 is 1.81 bits per heavy atom. The van der Waals surface area contributed by atoms with E-state index in [1.54, 1.807) is 49.6 Å². The normalized spacial score (nSPS) is 10.8. The van der Waals surface area contributed by atoms with Gasteiger partial charge in [0.1, 0.15) is 0 Å². The number of ether oxygens (including phenoxy) is 4. The van der Waals surface area contributed by atoms with Crippen LogP contribution in [0.15, 0.2) is 54.6 Å². The van der Waals surface area contributed by atoms with E-state index in [2.05, 4.69) is 11.4 Å². The number of amides is 1. The van der Waals surface area contributed by atoms with Gasteiger partial charge in [0.2, 0.25) is 0 Å². The maximum Gasteiger partial charge on any atom is 0.262 e. The van der Waals surface area contributed by atoms with E-state index in [9.17, 15) is 10.1 Å². The second-order valence-corrected chi connectivity index (χ2v) is 8.12. The number of rotatable bonds is 10. The zero-order valence-electron chi connectivity index (χ0n) is 20.6. The van der Waals surface area contributed by atoms with E-state index < -0.39 is 0 Å². The number of carbonyl (C=O) groups is 1. The first-order chi connectivity index (χ1) is 17.4. The second-order valence-electron chi connectivity index (χ2n) is 7.71. The van der Waals surface area contributed by atoms with Gasteiger partial charge in [-0.25, -0.2) is 0 Å². The van der Waals surface area contributed by atoms with E-state index >= 15 is 0 Å². The molecule has 1 amide bonds. The first-order valence-electron chi connectivity index (χ1n) is 11.2. The van der Waals surface area contributed by atoms with Crippen molar-refractivity contribution in [3.63, 3.8) is 0 Å². The van der Waals surface area contributed by atoms with Crippen LogP contribution in [0.1, 0.15) is 23.6 Å². The highest BCUT2D eigenvalue weighted by Gasteiger charge is 2.15. The molecule has 0 unspecified atom stereocenters. The van der Waals surface area contributed by atoms with Crippen LogP contribution in [0.2, 0.25) is 5.02 Å². The summed E-state index contributed by atoms with van der Waals surface area (Å²) in [4.78, 5) is 12.4. The summed E-state index contributed by atoms with van der Waals surface area (Å²) >= 11 is 6.51. The Morgan fingerprint density at radius 3 is 2.47 bits per heavy atom. The molecule has 0 heterocycles. The highest BCUT2D eigenvalue weighted by molar-refractivity contribution is 6.32. The fourth-order valence-corrected chi connectivity index (χ4v) is 3.76. The molecule has 3 aromatic carbocycles. The number of anilines is 1. The third-order valence-corrected chi connectivity index (χ3v) is 5.39. The minimum atomic E-state index is -0.330. The van der Waals surface area contributed by atoms with E-state index in [-0.39, 0.29) is 23.3 Å². The Balaban J connectivity index is 1.84. The van der Waals surface area contributed by atoms with Crippen molar-refractivity contribution in [3.05, 3.63) is 76.3 Å². The van der Waals surface area contributed by atoms with E-state index in [0.717, 1.165) is 5.56 Å². The molecule has 0 aliphatic heterocycles. The number of methoxy groups -OCH3 is 2. The predicted octanol–water partition coefficient (Wildman–Crippen LogP) is 6.15. The van der Waals surface area contributed by atoms with Gasteiger partial charge in [-0.05, 0) is 79.1 Å². The van der Waals surface area contributed by atoms with Crippen LogP contribution in [0.3, 0.4) is 0 Å². The van der Waals surface area contributed by atoms with Crippen LogP contribution in [-0.4, -0.2) is 33.3 Å². The van der Waals surface area contributed by atoms with Gasteiger partial charge in [-0.15, -0.1) is 0 Å². The SMILES string of the molecule is CCOc1cc(/C=C(\C#N)c2ccc(OC)c(OC)c2)cc(Cl)c1OCC(=O)Nc1cccc(C)c1. The summed E-state index contributed by atoms with van der Waals surface area (Å²) < 4.78 is 22.1. The van der Waals surface area contributed by atoms with Crippen molar-refractivity contribution >= 4 is 34.8 Å². The van der Waals surface area contributed by atoms with Crippen molar-refractivity contribution in [2.45, 2.75) is 13.8 Å². The van der Waals surface area contributed by atoms with Crippen LogP contribution in [0.5, 0.6) is 23.0 Å². The average Bonchev–Trinajstić information content (AvgIpc) is 2.86. The number of aryl methyl sites for hydroxylation is 1. The number of nitrogens with zero attached hydrogens (tertiary/aromatic N) is 1. The van der Waals surface area contributed by atoms with Gasteiger partial charge in [0.25, 0.3) is 5.91 Å². The Kier molecular flexibility index (Phi) is 9.20. The summed E-state index contributed by atoms with van der Waals surface area (Å²) in [5.41, 5.74) is 3.38. The second kappa shape index (κ2) is 12.5. The maximum absolute atomic E-state index is 12.4. The zero-order chi connectivity index (χ0) is 26.1. The summed E-state index contributed by atoms with van der Waals surface area (Å²) in [6.45, 7) is 3.88. The predicted molar refractivity (Wildman–Crippen MR) is 141 cm³/mol. The van der Waals surface area contributed by atoms with Crippen LogP contribution in [0, 0.1) is 18.3 Å². The first-order valence-corrected chi connectivity index (χ1v) is 11.6. The standard InChI is InChI=1S/C28H27ClN2O5/c1-5-35-26-14-19(12-21(16-30)20-9-10-24(33-3)25(15-20)34-4)13-23(29)28(26)36-17-27(32)31-22-8-6-7-18(2)11-22/h6-15H,5,17H2,1-4H3,(H,31,32)/b21-12+. The number of carbonyl (C=O) groups excluding carboxylic acids is 1. The van der Waals surface area contributed by atoms with Gasteiger partial charge in [-0.2, -0.15) is 5.26 Å². The van der Waals surface area contributed by atoms with Crippen molar-refractivity contribution in [1.29, 1.82) is 5.26 Å². The van der Waals surface area contributed by atoms with Gasteiger partial charge in [0.15, 0.2) is 29.6 Å². The van der Waals surface area contributed by atoms with Crippen LogP contribution >= 0.6 is 11.6 Å². The Bertz CT molecular complexity index is 1310. The Labute approximate surface area is 215 Å². The Morgan fingerprint density at radius 1 is 1.03 bits per heavy atom. The average molecular weight is 507 g/mol. The number of benzene rings is 3. The van der Waals surface area contributed by atoms with E-state index in [1.807, 2.05) is 32.0 Å². The number of nitriles is 1. The quantitative estimate of drug-likeness (QED) is 0.262. The van der Waals surface area contributed by atoms with Crippen LogP contribution < -0.4 is 24.3 Å². The summed E-state index contributed by atoms with van der Waals surface area (Å²) in [5.74, 6) is 1.36. The molecule has 0 bridgehead atoms. The maximum atomic E-state index is 12.4. The summed E-state index contributed by atoms with van der Waals surface area (Å²) in [6, 6.07) is 18.3. The van der Waals surface area contributed by atoms with Crippen molar-refractivity contribution in [1.82, 2.24) is 0 Å². The van der Waals surface area contributed by atoms with Gasteiger partial charge < -0.3 is 24.3 Å². The molecule has 8 heteroatoms. The molecule has 0 saturated heterocycles. The molecule has 7 nitrogen and oxygen atoms in total. The lowest BCUT2D eigenvalue weighted by molar-refractivity contribution is -0.118. The van der Waals surface area contributed by atoms with Crippen molar-refractivity contribution in [3.8, 4) is 29.1 Å². The minimum absolute atomic E-state index is 0.250. The monoisotopic (exact) mass is 506 g/mol. The molecule has 0 aliphatic carbocycles. The van der Waals surface area contributed by atoms with Crippen molar-refractivity contribution < 1.29 is 23.7 Å². The lowest BCUT2D eigenvalue weighted by atomic mass is 10.0. The fourth-order valence-electron chi connectivity index (χ4n) is 3.48. The largest absolute Gasteiger partial charge is 0.493 e. The number of nitrogens with one attached hydrogen (secondary N) is 1. The Hall–Kier alpha value is -4.15. The molecule has 3 rings (SSSR count).